The number of likely N-dealkylation sites (N-methyl/N-ethyl adjacent to an activating group) is 2. The predicted molar refractivity (Wildman–Crippen MR) is 82.5 cm³/mol. The lowest BCUT2D eigenvalue weighted by Crippen LogP contribution is -2.33. The van der Waals surface area contributed by atoms with Crippen LogP contribution in [0.4, 0.5) is 0 Å². The van der Waals surface area contributed by atoms with Gasteiger partial charge in [0, 0.05) is 20.1 Å². The Morgan fingerprint density at radius 3 is 2.52 bits per heavy atom. The zero-order valence-electron chi connectivity index (χ0n) is 12.1. The Morgan fingerprint density at radius 2 is 2.05 bits per heavy atom. The Balaban J connectivity index is 0.00000400. The summed E-state index contributed by atoms with van der Waals surface area (Å²) in [5.41, 5.74) is 5.26. The molecule has 0 aliphatic heterocycles. The van der Waals surface area contributed by atoms with Crippen molar-refractivity contribution in [1.82, 2.24) is 9.62 Å². The molecule has 1 amide bonds. The first-order chi connectivity index (χ1) is 9.34. The smallest absolute Gasteiger partial charge is 0.252 e. The summed E-state index contributed by atoms with van der Waals surface area (Å²) in [6.07, 6.45) is 0. The van der Waals surface area contributed by atoms with Gasteiger partial charge in [0.1, 0.15) is 5.75 Å². The van der Waals surface area contributed by atoms with Gasteiger partial charge in [0.2, 0.25) is 10.0 Å². The number of carbonyl (C=O) groups is 1. The topological polar surface area (TPSA) is 102 Å². The summed E-state index contributed by atoms with van der Waals surface area (Å²) in [4.78, 5) is 11.3. The number of halogens is 1. The van der Waals surface area contributed by atoms with Crippen LogP contribution in [0.5, 0.6) is 5.75 Å². The van der Waals surface area contributed by atoms with Crippen molar-refractivity contribution in [3.63, 3.8) is 0 Å². The number of nitrogens with one attached hydrogen (secondary N) is 1. The van der Waals surface area contributed by atoms with Crippen molar-refractivity contribution in [2.24, 2.45) is 5.73 Å². The number of methoxy groups -OCH3 is 1. The number of carbonyl (C=O) groups excluding carboxylic acids is 1. The molecule has 0 spiro atoms. The lowest BCUT2D eigenvalue weighted by atomic mass is 10.2. The lowest BCUT2D eigenvalue weighted by Gasteiger charge is -2.17. The molecule has 0 aliphatic rings. The third-order valence-electron chi connectivity index (χ3n) is 2.82. The molecule has 0 unspecified atom stereocenters. The normalized spacial score (nSPS) is 11.0. The number of primary amides is 1. The van der Waals surface area contributed by atoms with Gasteiger partial charge >= 0.3 is 0 Å². The van der Waals surface area contributed by atoms with Gasteiger partial charge in [-0.2, -0.15) is 4.31 Å². The molecule has 21 heavy (non-hydrogen) atoms. The first kappa shape index (κ1) is 19.7. The van der Waals surface area contributed by atoms with Crippen molar-refractivity contribution < 1.29 is 17.9 Å². The van der Waals surface area contributed by atoms with Crippen LogP contribution in [0.3, 0.4) is 0 Å². The summed E-state index contributed by atoms with van der Waals surface area (Å²) in [6, 6.07) is 4.03. The third kappa shape index (κ3) is 4.57. The molecular weight excluding hydrogens is 318 g/mol. The maximum Gasteiger partial charge on any atom is 0.252 e. The fourth-order valence-electron chi connectivity index (χ4n) is 1.61. The maximum absolute atomic E-state index is 12.3. The highest BCUT2D eigenvalue weighted by Crippen LogP contribution is 2.23. The van der Waals surface area contributed by atoms with Gasteiger partial charge in [0.15, 0.2) is 0 Å². The summed E-state index contributed by atoms with van der Waals surface area (Å²) < 4.78 is 30.8. The highest BCUT2D eigenvalue weighted by Gasteiger charge is 2.22. The molecule has 1 aromatic rings. The van der Waals surface area contributed by atoms with Crippen LogP contribution in [0.15, 0.2) is 23.1 Å². The van der Waals surface area contributed by atoms with Gasteiger partial charge < -0.3 is 15.8 Å². The molecular formula is C12H20ClN3O4S. The number of benzene rings is 1. The first-order valence-electron chi connectivity index (χ1n) is 5.93. The van der Waals surface area contributed by atoms with Crippen LogP contribution in [-0.4, -0.2) is 52.9 Å². The second-order valence-corrected chi connectivity index (χ2v) is 6.20. The van der Waals surface area contributed by atoms with E-state index in [0.29, 0.717) is 13.1 Å². The molecule has 0 saturated carbocycles. The van der Waals surface area contributed by atoms with Crippen LogP contribution >= 0.6 is 12.4 Å². The van der Waals surface area contributed by atoms with E-state index in [1.807, 2.05) is 0 Å². The number of hydrogen-bond donors (Lipinski definition) is 2. The quantitative estimate of drug-likeness (QED) is 0.732. The minimum atomic E-state index is -3.66. The van der Waals surface area contributed by atoms with E-state index >= 15 is 0 Å². The summed E-state index contributed by atoms with van der Waals surface area (Å²) in [5.74, 6) is -0.494. The van der Waals surface area contributed by atoms with Gasteiger partial charge in [0.05, 0.1) is 17.6 Å². The molecule has 0 fully saturated rings. The standard InChI is InChI=1S/C12H19N3O4S.ClH/c1-14-6-7-15(2)20(17,18)9-4-5-11(19-3)10(8-9)12(13)16;/h4-5,8,14H,6-7H2,1-3H3,(H2,13,16);1H. The molecule has 1 rings (SSSR count). The van der Waals surface area contributed by atoms with E-state index in [0.717, 1.165) is 0 Å². The number of rotatable bonds is 7. The minimum Gasteiger partial charge on any atom is -0.496 e. The molecule has 0 aliphatic carbocycles. The van der Waals surface area contributed by atoms with Crippen LogP contribution in [0.1, 0.15) is 10.4 Å². The van der Waals surface area contributed by atoms with Gasteiger partial charge in [-0.1, -0.05) is 0 Å². The number of nitrogens with zero attached hydrogens (tertiary/aromatic N) is 1. The second-order valence-electron chi connectivity index (χ2n) is 4.16. The SMILES string of the molecule is CNCCN(C)S(=O)(=O)c1ccc(OC)c(C(N)=O)c1.Cl. The summed E-state index contributed by atoms with van der Waals surface area (Å²) in [7, 11) is 0.930. The number of nitrogens with two attached hydrogens (primary N) is 1. The van der Waals surface area contributed by atoms with E-state index in [1.54, 1.807) is 7.05 Å². The van der Waals surface area contributed by atoms with Crippen molar-refractivity contribution in [3.8, 4) is 5.75 Å². The molecule has 1 aromatic carbocycles. The summed E-state index contributed by atoms with van der Waals surface area (Å²) in [5, 5.41) is 2.87. The molecule has 0 saturated heterocycles. The van der Waals surface area contributed by atoms with Crippen LogP contribution in [0.25, 0.3) is 0 Å². The van der Waals surface area contributed by atoms with Crippen LogP contribution in [0, 0.1) is 0 Å². The van der Waals surface area contributed by atoms with Gasteiger partial charge in [-0.25, -0.2) is 8.42 Å². The monoisotopic (exact) mass is 337 g/mol. The molecule has 120 valence electrons. The molecule has 0 atom stereocenters. The van der Waals surface area contributed by atoms with Gasteiger partial charge in [-0.15, -0.1) is 12.4 Å². The lowest BCUT2D eigenvalue weighted by molar-refractivity contribution is 0.0997. The number of hydrogen-bond acceptors (Lipinski definition) is 5. The van der Waals surface area contributed by atoms with Gasteiger partial charge in [-0.3, -0.25) is 4.79 Å². The van der Waals surface area contributed by atoms with Crippen molar-refractivity contribution >= 4 is 28.3 Å². The minimum absolute atomic E-state index is 0. The van der Waals surface area contributed by atoms with Crippen LogP contribution in [0.2, 0.25) is 0 Å². The number of ether oxygens (including phenoxy) is 1. The Morgan fingerprint density at radius 1 is 1.43 bits per heavy atom. The van der Waals surface area contributed by atoms with E-state index < -0.39 is 15.9 Å². The van der Waals surface area contributed by atoms with Gasteiger partial charge in [-0.05, 0) is 25.2 Å². The van der Waals surface area contributed by atoms with Crippen molar-refractivity contribution in [2.45, 2.75) is 4.90 Å². The first-order valence-corrected chi connectivity index (χ1v) is 7.37. The Kier molecular flexibility index (Phi) is 7.65. The van der Waals surface area contributed by atoms with Crippen LogP contribution in [-0.2, 0) is 10.0 Å². The maximum atomic E-state index is 12.3. The summed E-state index contributed by atoms with van der Waals surface area (Å²) >= 11 is 0. The van der Waals surface area contributed by atoms with Crippen molar-refractivity contribution in [3.05, 3.63) is 23.8 Å². The molecule has 0 heterocycles. The largest absolute Gasteiger partial charge is 0.496 e. The fraction of sp³-hybridized carbons (Fsp3) is 0.417. The van der Waals surface area contributed by atoms with Crippen LogP contribution < -0.4 is 15.8 Å². The highest BCUT2D eigenvalue weighted by molar-refractivity contribution is 7.89. The van der Waals surface area contributed by atoms with E-state index in [2.05, 4.69) is 5.32 Å². The molecule has 9 heteroatoms. The molecule has 0 aromatic heterocycles. The molecule has 0 radical (unpaired) electrons. The Labute approximate surface area is 130 Å². The average Bonchev–Trinajstić information content (AvgIpc) is 2.43. The molecule has 7 nitrogen and oxygen atoms in total. The van der Waals surface area contributed by atoms with Gasteiger partial charge in [0.25, 0.3) is 5.91 Å². The van der Waals surface area contributed by atoms with Crippen molar-refractivity contribution in [1.29, 1.82) is 0 Å². The Hall–Kier alpha value is -1.35. The molecule has 3 N–H and O–H groups in total. The Bertz CT molecular complexity index is 592. The predicted octanol–water partition coefficient (Wildman–Crippen LogP) is 0.0558. The van der Waals surface area contributed by atoms with Crippen molar-refractivity contribution in [2.75, 3.05) is 34.3 Å². The third-order valence-corrected chi connectivity index (χ3v) is 4.67. The van der Waals surface area contributed by atoms with E-state index in [-0.39, 0.29) is 28.6 Å². The second kappa shape index (κ2) is 8.18. The highest BCUT2D eigenvalue weighted by atomic mass is 35.5. The average molecular weight is 338 g/mol. The van der Waals surface area contributed by atoms with E-state index in [4.69, 9.17) is 10.5 Å². The number of sulfonamides is 1. The molecule has 0 bridgehead atoms. The zero-order valence-corrected chi connectivity index (χ0v) is 13.8. The summed E-state index contributed by atoms with van der Waals surface area (Å²) in [6.45, 7) is 0.839. The van der Waals surface area contributed by atoms with E-state index in [1.165, 1.54) is 36.7 Å². The zero-order chi connectivity index (χ0) is 15.3. The fourth-order valence-corrected chi connectivity index (χ4v) is 2.81. The van der Waals surface area contributed by atoms with E-state index in [9.17, 15) is 13.2 Å². The number of amides is 1.